The highest BCUT2D eigenvalue weighted by Gasteiger charge is 2.39. The Hall–Kier alpha value is -1.55. The number of benzene rings is 1. The molecule has 0 radical (unpaired) electrons. The van der Waals surface area contributed by atoms with E-state index < -0.39 is 5.41 Å². The Labute approximate surface area is 107 Å². The minimum absolute atomic E-state index is 0.0225. The molecule has 1 aliphatic carbocycles. The number of phenols is 1. The molecule has 2 rings (SSSR count). The van der Waals surface area contributed by atoms with E-state index in [9.17, 15) is 9.90 Å². The quantitative estimate of drug-likeness (QED) is 0.767. The Balaban J connectivity index is 2.13. The van der Waals surface area contributed by atoms with Gasteiger partial charge in [0, 0.05) is 18.3 Å². The van der Waals surface area contributed by atoms with Gasteiger partial charge in [0.25, 0.3) is 0 Å². The summed E-state index contributed by atoms with van der Waals surface area (Å²) >= 11 is 0. The van der Waals surface area contributed by atoms with E-state index in [1.165, 1.54) is 0 Å². The third-order valence-electron chi connectivity index (χ3n) is 3.90. The summed E-state index contributed by atoms with van der Waals surface area (Å²) in [5.74, 6) is 0.173. The molecule has 1 fully saturated rings. The Morgan fingerprint density at radius 1 is 1.44 bits per heavy atom. The lowest BCUT2D eigenvalue weighted by Crippen LogP contribution is -2.40. The summed E-state index contributed by atoms with van der Waals surface area (Å²) in [5.41, 5.74) is 6.77. The fraction of sp³-hybridized carbons (Fsp3) is 0.500. The molecule has 4 nitrogen and oxygen atoms in total. The molecule has 0 saturated heterocycles. The van der Waals surface area contributed by atoms with Gasteiger partial charge in [-0.1, -0.05) is 18.9 Å². The summed E-state index contributed by atoms with van der Waals surface area (Å²) in [6.45, 7) is 2.20. The second-order valence-electron chi connectivity index (χ2n) is 5.15. The number of phenolic OH excluding ortho intramolecular Hbond substituents is 1. The molecule has 98 valence electrons. The van der Waals surface area contributed by atoms with Crippen LogP contribution >= 0.6 is 0 Å². The Bertz CT molecular complexity index is 451. The van der Waals surface area contributed by atoms with Crippen LogP contribution < -0.4 is 11.1 Å². The first-order valence-corrected chi connectivity index (χ1v) is 6.38. The highest BCUT2D eigenvalue weighted by atomic mass is 16.3. The third kappa shape index (κ3) is 2.34. The van der Waals surface area contributed by atoms with Crippen molar-refractivity contribution < 1.29 is 9.90 Å². The summed E-state index contributed by atoms with van der Waals surface area (Å²) in [4.78, 5) is 12.3. The average Bonchev–Trinajstić information content (AvgIpc) is 2.84. The number of hydrogen-bond acceptors (Lipinski definition) is 3. The number of hydrogen-bond donors (Lipinski definition) is 3. The van der Waals surface area contributed by atoms with Crippen molar-refractivity contribution in [2.45, 2.75) is 32.6 Å². The summed E-state index contributed by atoms with van der Waals surface area (Å²) in [7, 11) is 0. The monoisotopic (exact) mass is 248 g/mol. The van der Waals surface area contributed by atoms with Crippen molar-refractivity contribution in [2.75, 3.05) is 11.9 Å². The maximum absolute atomic E-state index is 12.3. The second-order valence-corrected chi connectivity index (χ2v) is 5.15. The minimum atomic E-state index is -0.416. The van der Waals surface area contributed by atoms with Crippen molar-refractivity contribution in [2.24, 2.45) is 11.1 Å². The first-order valence-electron chi connectivity index (χ1n) is 6.38. The van der Waals surface area contributed by atoms with Crippen LogP contribution in [0.15, 0.2) is 18.2 Å². The van der Waals surface area contributed by atoms with Crippen molar-refractivity contribution in [1.29, 1.82) is 0 Å². The molecule has 0 spiro atoms. The van der Waals surface area contributed by atoms with Gasteiger partial charge in [-0.3, -0.25) is 4.79 Å². The largest absolute Gasteiger partial charge is 0.508 e. The van der Waals surface area contributed by atoms with Crippen molar-refractivity contribution in [1.82, 2.24) is 0 Å². The van der Waals surface area contributed by atoms with Gasteiger partial charge in [0.2, 0.25) is 5.91 Å². The maximum atomic E-state index is 12.3. The van der Waals surface area contributed by atoms with Crippen molar-refractivity contribution in [3.05, 3.63) is 23.8 Å². The van der Waals surface area contributed by atoms with Gasteiger partial charge < -0.3 is 16.2 Å². The summed E-state index contributed by atoms with van der Waals surface area (Å²) in [6.07, 6.45) is 3.83. The highest BCUT2D eigenvalue weighted by Crippen LogP contribution is 2.38. The average molecular weight is 248 g/mol. The van der Waals surface area contributed by atoms with E-state index in [1.807, 2.05) is 6.92 Å². The van der Waals surface area contributed by atoms with Gasteiger partial charge in [-0.05, 0) is 31.4 Å². The second kappa shape index (κ2) is 4.98. The number of nitrogens with one attached hydrogen (secondary N) is 1. The standard InChI is InChI=1S/C14H20N2O2/c1-10-4-5-11(8-12(10)17)16-13(18)14(9-15)6-2-3-7-14/h4-5,8,17H,2-3,6-7,9,15H2,1H3,(H,16,18). The number of nitrogens with two attached hydrogens (primary N) is 1. The fourth-order valence-electron chi connectivity index (χ4n) is 2.53. The molecule has 1 amide bonds. The van der Waals surface area contributed by atoms with Crippen molar-refractivity contribution >= 4 is 11.6 Å². The van der Waals surface area contributed by atoms with E-state index in [4.69, 9.17) is 5.73 Å². The number of carbonyl (C=O) groups excluding carboxylic acids is 1. The van der Waals surface area contributed by atoms with Crippen LogP contribution in [0, 0.1) is 12.3 Å². The van der Waals surface area contributed by atoms with Crippen LogP contribution in [0.1, 0.15) is 31.2 Å². The predicted molar refractivity (Wildman–Crippen MR) is 71.4 cm³/mol. The van der Waals surface area contributed by atoms with E-state index in [1.54, 1.807) is 18.2 Å². The van der Waals surface area contributed by atoms with E-state index in [-0.39, 0.29) is 11.7 Å². The SMILES string of the molecule is Cc1ccc(NC(=O)C2(CN)CCCC2)cc1O. The molecule has 0 aliphatic heterocycles. The molecule has 0 unspecified atom stereocenters. The molecular formula is C14H20N2O2. The van der Waals surface area contributed by atoms with E-state index in [2.05, 4.69) is 5.32 Å². The van der Waals surface area contributed by atoms with Crippen LogP contribution in [0.25, 0.3) is 0 Å². The van der Waals surface area contributed by atoms with Crippen molar-refractivity contribution in [3.63, 3.8) is 0 Å². The number of anilines is 1. The molecule has 4 N–H and O–H groups in total. The van der Waals surface area contributed by atoms with E-state index >= 15 is 0 Å². The first-order chi connectivity index (χ1) is 8.57. The van der Waals surface area contributed by atoms with Crippen LogP contribution in [-0.4, -0.2) is 17.6 Å². The first kappa shape index (κ1) is 12.9. The number of carbonyl (C=O) groups is 1. The van der Waals surface area contributed by atoms with E-state index in [0.29, 0.717) is 12.2 Å². The molecule has 1 aromatic carbocycles. The molecule has 4 heteroatoms. The predicted octanol–water partition coefficient (Wildman–Crippen LogP) is 2.16. The summed E-state index contributed by atoms with van der Waals surface area (Å²) in [6, 6.07) is 5.16. The maximum Gasteiger partial charge on any atom is 0.231 e. The van der Waals surface area contributed by atoms with Gasteiger partial charge in [0.05, 0.1) is 5.41 Å². The van der Waals surface area contributed by atoms with Crippen molar-refractivity contribution in [3.8, 4) is 5.75 Å². The third-order valence-corrected chi connectivity index (χ3v) is 3.90. The Morgan fingerprint density at radius 2 is 2.11 bits per heavy atom. The van der Waals surface area contributed by atoms with Crippen LogP contribution in [0.5, 0.6) is 5.75 Å². The molecule has 18 heavy (non-hydrogen) atoms. The van der Waals surface area contributed by atoms with Gasteiger partial charge in [0.1, 0.15) is 5.75 Å². The lowest BCUT2D eigenvalue weighted by Gasteiger charge is -2.25. The number of amides is 1. The minimum Gasteiger partial charge on any atom is -0.508 e. The van der Waals surface area contributed by atoms with Gasteiger partial charge in [-0.15, -0.1) is 0 Å². The zero-order valence-corrected chi connectivity index (χ0v) is 10.7. The highest BCUT2D eigenvalue weighted by molar-refractivity contribution is 5.95. The number of rotatable bonds is 3. The van der Waals surface area contributed by atoms with Gasteiger partial charge >= 0.3 is 0 Å². The lowest BCUT2D eigenvalue weighted by molar-refractivity contribution is -0.124. The van der Waals surface area contributed by atoms with Gasteiger partial charge in [-0.25, -0.2) is 0 Å². The zero-order chi connectivity index (χ0) is 13.2. The molecule has 0 atom stereocenters. The van der Waals surface area contributed by atoms with Crippen LogP contribution in [0.2, 0.25) is 0 Å². The van der Waals surface area contributed by atoms with Gasteiger partial charge in [0.15, 0.2) is 0 Å². The van der Waals surface area contributed by atoms with Gasteiger partial charge in [-0.2, -0.15) is 0 Å². The molecule has 0 bridgehead atoms. The number of aromatic hydroxyl groups is 1. The number of aryl methyl sites for hydroxylation is 1. The summed E-state index contributed by atoms with van der Waals surface area (Å²) in [5, 5.41) is 12.5. The Kier molecular flexibility index (Phi) is 3.57. The molecule has 1 aliphatic rings. The van der Waals surface area contributed by atoms with Crippen LogP contribution in [-0.2, 0) is 4.79 Å². The van der Waals surface area contributed by atoms with Crippen LogP contribution in [0.3, 0.4) is 0 Å². The lowest BCUT2D eigenvalue weighted by atomic mass is 9.85. The molecular weight excluding hydrogens is 228 g/mol. The van der Waals surface area contributed by atoms with Crippen LogP contribution in [0.4, 0.5) is 5.69 Å². The molecule has 1 aromatic rings. The molecule has 1 saturated carbocycles. The summed E-state index contributed by atoms with van der Waals surface area (Å²) < 4.78 is 0. The molecule has 0 heterocycles. The fourth-order valence-corrected chi connectivity index (χ4v) is 2.53. The van der Waals surface area contributed by atoms with E-state index in [0.717, 1.165) is 31.2 Å². The zero-order valence-electron chi connectivity index (χ0n) is 10.7. The molecule has 0 aromatic heterocycles. The normalized spacial score (nSPS) is 17.7. The Morgan fingerprint density at radius 3 is 2.67 bits per heavy atom. The topological polar surface area (TPSA) is 75.4 Å². The smallest absolute Gasteiger partial charge is 0.231 e.